The minimum absolute atomic E-state index is 0.0225. The molecule has 398 valence electrons. The zero-order valence-corrected chi connectivity index (χ0v) is 44.5. The van der Waals surface area contributed by atoms with E-state index in [1.54, 1.807) is 43.3 Å². The van der Waals surface area contributed by atoms with E-state index in [4.69, 9.17) is 46.9 Å². The van der Waals surface area contributed by atoms with Gasteiger partial charge in [0.2, 0.25) is 0 Å². The van der Waals surface area contributed by atoms with Crippen molar-refractivity contribution in [1.29, 1.82) is 0 Å². The average molecular weight is 1040 g/mol. The van der Waals surface area contributed by atoms with Crippen LogP contribution in [-0.2, 0) is 40.3 Å². The van der Waals surface area contributed by atoms with Gasteiger partial charge in [-0.25, -0.2) is 19.0 Å². The summed E-state index contributed by atoms with van der Waals surface area (Å²) in [6, 6.07) is 14.5. The molecule has 0 amide bonds. The minimum Gasteiger partial charge on any atom is -0.493 e. The quantitative estimate of drug-likeness (QED) is 0.105. The van der Waals surface area contributed by atoms with Crippen LogP contribution in [0.2, 0.25) is 0 Å². The van der Waals surface area contributed by atoms with Gasteiger partial charge in [0.25, 0.3) is 0 Å². The largest absolute Gasteiger partial charge is 0.516 e. The molecule has 0 aliphatic carbocycles. The van der Waals surface area contributed by atoms with Gasteiger partial charge in [0.05, 0.1) is 84.7 Å². The Bertz CT molecular complexity index is 2950. The molecule has 0 bridgehead atoms. The lowest BCUT2D eigenvalue weighted by atomic mass is 9.49. The fourth-order valence-electron chi connectivity index (χ4n) is 7.85. The maximum atomic E-state index is 13.9. The fourth-order valence-corrected chi connectivity index (χ4v) is 7.85. The molecule has 25 heteroatoms. The molecule has 9 rings (SSSR count). The smallest absolute Gasteiger partial charge is 0.493 e. The molecule has 0 radical (unpaired) electrons. The predicted molar refractivity (Wildman–Crippen MR) is 266 cm³/mol. The first-order chi connectivity index (χ1) is 34.1. The molecular weight excluding hydrogens is 979 g/mol. The number of nitrogens with zero attached hydrogens (tertiary/aromatic N) is 6. The SMILES string of the molecule is CC1(C)OB(B2OC(C)(C)C(C)(C)O2)OC1(C)C.COc1ccc(-c2cc(C(F)(F)F)n3nc(B4OC(C)(C)C(C)(C)O4)cc3n2)cc1OC.COc1ccc(-c2cc(C(F)(F)F)n3nc(C)cc3n2)cc1OC. The van der Waals surface area contributed by atoms with Crippen LogP contribution in [0.5, 0.6) is 23.0 Å². The molecule has 6 aromatic rings. The molecule has 3 aliphatic heterocycles. The summed E-state index contributed by atoms with van der Waals surface area (Å²) >= 11 is 0. The van der Waals surface area contributed by atoms with E-state index < -0.39 is 56.1 Å². The van der Waals surface area contributed by atoms with Gasteiger partial charge in [-0.15, -0.1) is 0 Å². The van der Waals surface area contributed by atoms with Crippen molar-refractivity contribution in [3.05, 3.63) is 77.7 Å². The Labute approximate surface area is 427 Å². The Balaban J connectivity index is 0.000000169. The van der Waals surface area contributed by atoms with Crippen LogP contribution in [0.25, 0.3) is 33.8 Å². The van der Waals surface area contributed by atoms with Crippen LogP contribution in [0.1, 0.15) is 100 Å². The molecule has 0 N–H and O–H groups in total. The van der Waals surface area contributed by atoms with Crippen LogP contribution in [0.4, 0.5) is 26.3 Å². The molecule has 0 spiro atoms. The lowest BCUT2D eigenvalue weighted by Gasteiger charge is -2.32. The zero-order valence-electron chi connectivity index (χ0n) is 44.5. The Morgan fingerprint density at radius 1 is 0.446 bits per heavy atom. The van der Waals surface area contributed by atoms with E-state index in [1.165, 1.54) is 40.6 Å². The Kier molecular flexibility index (Phi) is 14.8. The molecule has 0 saturated carbocycles. The van der Waals surface area contributed by atoms with Gasteiger partial charge in [-0.2, -0.15) is 36.5 Å². The van der Waals surface area contributed by atoms with Crippen molar-refractivity contribution in [1.82, 2.24) is 29.2 Å². The number of alkyl halides is 6. The minimum atomic E-state index is -4.66. The summed E-state index contributed by atoms with van der Waals surface area (Å²) < 4.78 is 140. The van der Waals surface area contributed by atoms with Crippen molar-refractivity contribution in [2.75, 3.05) is 28.4 Å². The molecule has 0 atom stereocenters. The summed E-state index contributed by atoms with van der Waals surface area (Å²) in [4.78, 5) is 8.68. The molecule has 2 aromatic carbocycles. The van der Waals surface area contributed by atoms with Gasteiger partial charge in [-0.1, -0.05) is 0 Å². The van der Waals surface area contributed by atoms with Gasteiger partial charge < -0.3 is 46.9 Å². The lowest BCUT2D eigenvalue weighted by Crippen LogP contribution is -2.41. The topological polar surface area (TPSA) is 153 Å². The maximum Gasteiger partial charge on any atom is 0.516 e. The van der Waals surface area contributed by atoms with Crippen LogP contribution in [-0.4, -0.2) is 112 Å². The van der Waals surface area contributed by atoms with E-state index in [-0.39, 0.29) is 50.7 Å². The second-order valence-corrected chi connectivity index (χ2v) is 20.9. The third-order valence-electron chi connectivity index (χ3n) is 14.2. The second kappa shape index (κ2) is 19.5. The molecule has 4 aromatic heterocycles. The van der Waals surface area contributed by atoms with Crippen molar-refractivity contribution in [2.24, 2.45) is 0 Å². The highest BCUT2D eigenvalue weighted by molar-refractivity contribution is 7.11. The van der Waals surface area contributed by atoms with Crippen LogP contribution < -0.4 is 24.5 Å². The van der Waals surface area contributed by atoms with Crippen LogP contribution >= 0.6 is 0 Å². The van der Waals surface area contributed by atoms with Gasteiger partial charge in [0.15, 0.2) is 45.7 Å². The number of aromatic nitrogens is 6. The predicted octanol–water partition coefficient (Wildman–Crippen LogP) is 9.72. The van der Waals surface area contributed by atoms with E-state index in [1.807, 2.05) is 83.1 Å². The molecule has 3 saturated heterocycles. The Morgan fingerprint density at radius 3 is 1.14 bits per heavy atom. The first-order valence-corrected chi connectivity index (χ1v) is 23.5. The number of ether oxygens (including phenoxy) is 4. The Hall–Kier alpha value is -5.59. The fraction of sp³-hybridized carbons (Fsp3) is 0.510. The second-order valence-electron chi connectivity index (χ2n) is 20.9. The highest BCUT2D eigenvalue weighted by Crippen LogP contribution is 2.44. The first-order valence-electron chi connectivity index (χ1n) is 23.5. The standard InChI is InChI=1S/C21H23BF3N3O4.C16H14F3N3O2.C12H24B2O4/c1-19(2)20(3,4)32-22(31-19)17-11-18-26-13(10-16(21(23,24)25)28(18)27-17)12-7-8-14(29-5)15(9-12)30-6;1-9-6-15-20-11(8-14(16(17,18)19)22(15)21-9)10-4-5-12(23-2)13(7-10)24-3;1-9(2)10(3,4)16-13(15-9)14-17-11(5,6)12(7,8)18-14/h7-11H,1-6H3;4-8H,1-3H3;1-8H3. The lowest BCUT2D eigenvalue weighted by molar-refractivity contribution is -0.143. The van der Waals surface area contributed by atoms with Crippen LogP contribution in [0.15, 0.2) is 60.7 Å². The number of hydrogen-bond acceptors (Lipinski definition) is 14. The summed E-state index contributed by atoms with van der Waals surface area (Å²) in [7, 11) is 4.01. The number of methoxy groups -OCH3 is 4. The van der Waals surface area contributed by atoms with Crippen molar-refractivity contribution in [3.8, 4) is 45.5 Å². The zero-order chi connectivity index (χ0) is 54.9. The van der Waals surface area contributed by atoms with E-state index in [9.17, 15) is 26.3 Å². The third kappa shape index (κ3) is 10.9. The number of hydrogen-bond donors (Lipinski definition) is 0. The number of rotatable bonds is 8. The molecule has 16 nitrogen and oxygen atoms in total. The molecular formula is C49H61B3F6N6O10. The van der Waals surface area contributed by atoms with Crippen LogP contribution in [0.3, 0.4) is 0 Å². The van der Waals surface area contributed by atoms with Gasteiger partial charge in [-0.3, -0.25) is 0 Å². The maximum absolute atomic E-state index is 13.9. The monoisotopic (exact) mass is 1040 g/mol. The Morgan fingerprint density at radius 2 is 0.784 bits per heavy atom. The van der Waals surface area contributed by atoms with Crippen LogP contribution in [0, 0.1) is 6.92 Å². The van der Waals surface area contributed by atoms with Gasteiger partial charge >= 0.3 is 33.5 Å². The number of halogens is 6. The molecule has 3 fully saturated rings. The molecule has 3 aliphatic rings. The van der Waals surface area contributed by atoms with E-state index in [2.05, 4.69) is 20.2 Å². The molecule has 74 heavy (non-hydrogen) atoms. The summed E-state index contributed by atoms with van der Waals surface area (Å²) in [6.07, 6.45) is -9.21. The molecule has 0 unspecified atom stereocenters. The van der Waals surface area contributed by atoms with Gasteiger partial charge in [-0.05, 0) is 139 Å². The van der Waals surface area contributed by atoms with Gasteiger partial charge in [0, 0.05) is 23.3 Å². The van der Waals surface area contributed by atoms with Crippen molar-refractivity contribution < 1.29 is 73.2 Å². The van der Waals surface area contributed by atoms with Gasteiger partial charge in [0.1, 0.15) is 0 Å². The van der Waals surface area contributed by atoms with Crippen molar-refractivity contribution >= 4 is 38.0 Å². The number of fused-ring (bicyclic) bond motifs is 2. The summed E-state index contributed by atoms with van der Waals surface area (Å²) in [5, 5.41) is 7.99. The number of benzene rings is 2. The number of aryl methyl sites for hydroxylation is 1. The van der Waals surface area contributed by atoms with Crippen molar-refractivity contribution in [3.63, 3.8) is 0 Å². The summed E-state index contributed by atoms with van der Waals surface area (Å²) in [5.74, 6) is 1.74. The van der Waals surface area contributed by atoms with E-state index in [0.29, 0.717) is 39.8 Å². The summed E-state index contributed by atoms with van der Waals surface area (Å²) in [6.45, 7) is 25.3. The average Bonchev–Trinajstić information content (AvgIpc) is 4.06. The van der Waals surface area contributed by atoms with Crippen molar-refractivity contribution in [2.45, 2.75) is 136 Å². The third-order valence-corrected chi connectivity index (χ3v) is 14.2. The molecule has 7 heterocycles. The van der Waals surface area contributed by atoms with E-state index >= 15 is 0 Å². The summed E-state index contributed by atoms with van der Waals surface area (Å²) in [5.41, 5.74) is -2.55. The highest BCUT2D eigenvalue weighted by atomic mass is 19.4. The normalized spacial score (nSPS) is 19.3. The highest BCUT2D eigenvalue weighted by Gasteiger charge is 2.64. The van der Waals surface area contributed by atoms with E-state index in [0.717, 1.165) is 21.2 Å². The first kappa shape index (κ1) is 56.1.